The maximum atomic E-state index is 5.32. The molecule has 0 aliphatic carbocycles. The molecule has 1 aromatic carbocycles. The molecular formula is C21H33IN6O. The third-order valence-corrected chi connectivity index (χ3v) is 5.07. The summed E-state index contributed by atoms with van der Waals surface area (Å²) in [6, 6.07) is 8.74. The van der Waals surface area contributed by atoms with Crippen LogP contribution in [0.1, 0.15) is 36.9 Å². The van der Waals surface area contributed by atoms with Gasteiger partial charge in [-0.05, 0) is 50.6 Å². The van der Waals surface area contributed by atoms with E-state index in [9.17, 15) is 0 Å². The monoisotopic (exact) mass is 512 g/mol. The fraction of sp³-hybridized carbons (Fsp3) is 0.524. The molecule has 1 unspecified atom stereocenters. The molecule has 0 bridgehead atoms. The second kappa shape index (κ2) is 12.0. The number of benzene rings is 1. The zero-order valence-corrected chi connectivity index (χ0v) is 19.9. The summed E-state index contributed by atoms with van der Waals surface area (Å²) >= 11 is 0. The van der Waals surface area contributed by atoms with Crippen LogP contribution in [0, 0.1) is 0 Å². The number of guanidine groups is 1. The molecule has 7 nitrogen and oxygen atoms in total. The van der Waals surface area contributed by atoms with E-state index in [-0.39, 0.29) is 24.0 Å². The van der Waals surface area contributed by atoms with E-state index in [0.717, 1.165) is 43.5 Å². The minimum atomic E-state index is 0. The molecule has 3 rings (SSSR count). The Morgan fingerprint density at radius 1 is 1.21 bits per heavy atom. The van der Waals surface area contributed by atoms with E-state index in [2.05, 4.69) is 39.7 Å². The number of hydrogen-bond donors (Lipinski definition) is 2. The number of aryl methyl sites for hydroxylation is 1. The lowest BCUT2D eigenvalue weighted by Crippen LogP contribution is -2.42. The van der Waals surface area contributed by atoms with Crippen molar-refractivity contribution >= 4 is 29.9 Å². The van der Waals surface area contributed by atoms with Gasteiger partial charge in [0.15, 0.2) is 5.96 Å². The summed E-state index contributed by atoms with van der Waals surface area (Å²) in [5, 5.41) is 11.1. The molecule has 2 heterocycles. The van der Waals surface area contributed by atoms with E-state index >= 15 is 0 Å². The van der Waals surface area contributed by atoms with Crippen molar-refractivity contribution in [1.29, 1.82) is 0 Å². The second-order valence-electron chi connectivity index (χ2n) is 7.13. The summed E-state index contributed by atoms with van der Waals surface area (Å²) in [5.41, 5.74) is 2.41. The Bertz CT molecular complexity index is 755. The van der Waals surface area contributed by atoms with Crippen molar-refractivity contribution in [2.24, 2.45) is 12.0 Å². The largest absolute Gasteiger partial charge is 0.497 e. The minimum Gasteiger partial charge on any atom is -0.497 e. The van der Waals surface area contributed by atoms with Gasteiger partial charge in [0.2, 0.25) is 0 Å². The van der Waals surface area contributed by atoms with E-state index in [1.165, 1.54) is 18.4 Å². The third kappa shape index (κ3) is 6.88. The number of ether oxygens (including phenoxy) is 1. The number of methoxy groups -OCH3 is 1. The molecule has 0 amide bonds. The lowest BCUT2D eigenvalue weighted by atomic mass is 10.1. The fourth-order valence-corrected chi connectivity index (χ4v) is 3.60. The van der Waals surface area contributed by atoms with Crippen LogP contribution in [0.4, 0.5) is 0 Å². The maximum absolute atomic E-state index is 5.32. The SMILES string of the molecule is CCNC(=NCc1cnn(C)c1)NCC(c1ccc(OC)cc1)N1CCCC1.I. The van der Waals surface area contributed by atoms with Gasteiger partial charge in [-0.15, -0.1) is 24.0 Å². The van der Waals surface area contributed by atoms with Gasteiger partial charge < -0.3 is 15.4 Å². The molecule has 0 spiro atoms. The predicted octanol–water partition coefficient (Wildman–Crippen LogP) is 2.94. The first kappa shape index (κ1) is 23.5. The van der Waals surface area contributed by atoms with E-state index < -0.39 is 0 Å². The average molecular weight is 512 g/mol. The number of halogens is 1. The normalized spacial score (nSPS) is 15.6. The third-order valence-electron chi connectivity index (χ3n) is 5.07. The number of hydrogen-bond acceptors (Lipinski definition) is 4. The van der Waals surface area contributed by atoms with Gasteiger partial charge in [-0.3, -0.25) is 9.58 Å². The first-order valence-electron chi connectivity index (χ1n) is 10.1. The highest BCUT2D eigenvalue weighted by Crippen LogP contribution is 2.26. The van der Waals surface area contributed by atoms with Crippen LogP contribution in [0.25, 0.3) is 0 Å². The van der Waals surface area contributed by atoms with Crippen LogP contribution in [0.2, 0.25) is 0 Å². The number of nitrogens with zero attached hydrogens (tertiary/aromatic N) is 4. The lowest BCUT2D eigenvalue weighted by Gasteiger charge is -2.29. The van der Waals surface area contributed by atoms with Gasteiger partial charge in [-0.25, -0.2) is 4.99 Å². The Balaban J connectivity index is 0.00000300. The van der Waals surface area contributed by atoms with Gasteiger partial charge in [0.25, 0.3) is 0 Å². The first-order valence-corrected chi connectivity index (χ1v) is 10.1. The van der Waals surface area contributed by atoms with E-state index in [0.29, 0.717) is 12.6 Å². The standard InChI is InChI=1S/C21H32N6O.HI/c1-4-22-21(23-13-17-14-25-26(2)16-17)24-15-20(27-11-5-6-12-27)18-7-9-19(28-3)10-8-18;/h7-10,14,16,20H,4-6,11-13,15H2,1-3H3,(H2,22,23,24);1H. The number of nitrogens with one attached hydrogen (secondary N) is 2. The maximum Gasteiger partial charge on any atom is 0.191 e. The minimum absolute atomic E-state index is 0. The Hall–Kier alpha value is -1.81. The van der Waals surface area contributed by atoms with Gasteiger partial charge in [0, 0.05) is 31.9 Å². The van der Waals surface area contributed by atoms with E-state index in [1.54, 1.807) is 11.8 Å². The number of likely N-dealkylation sites (tertiary alicyclic amines) is 1. The van der Waals surface area contributed by atoms with Gasteiger partial charge in [-0.1, -0.05) is 12.1 Å². The van der Waals surface area contributed by atoms with Gasteiger partial charge in [0.05, 0.1) is 25.9 Å². The van der Waals surface area contributed by atoms with Crippen molar-refractivity contribution in [3.05, 3.63) is 47.8 Å². The Kier molecular flexibility index (Phi) is 9.72. The lowest BCUT2D eigenvalue weighted by molar-refractivity contribution is 0.245. The molecule has 1 aromatic heterocycles. The molecule has 29 heavy (non-hydrogen) atoms. The van der Waals surface area contributed by atoms with E-state index in [4.69, 9.17) is 9.73 Å². The van der Waals surface area contributed by atoms with Crippen LogP contribution in [0.5, 0.6) is 5.75 Å². The molecule has 1 atom stereocenters. The number of aliphatic imine (C=N–C) groups is 1. The molecule has 2 N–H and O–H groups in total. The van der Waals surface area contributed by atoms with Crippen LogP contribution in [-0.2, 0) is 13.6 Å². The summed E-state index contributed by atoms with van der Waals surface area (Å²) in [5.74, 6) is 1.73. The molecule has 1 fully saturated rings. The molecular weight excluding hydrogens is 479 g/mol. The van der Waals surface area contributed by atoms with Crippen molar-refractivity contribution in [1.82, 2.24) is 25.3 Å². The quantitative estimate of drug-likeness (QED) is 0.324. The topological polar surface area (TPSA) is 66.7 Å². The Morgan fingerprint density at radius 3 is 2.52 bits per heavy atom. The Labute approximate surface area is 190 Å². The molecule has 1 saturated heterocycles. The average Bonchev–Trinajstić information content (AvgIpc) is 3.38. The number of rotatable bonds is 8. The molecule has 1 aliphatic heterocycles. The predicted molar refractivity (Wildman–Crippen MR) is 128 cm³/mol. The zero-order chi connectivity index (χ0) is 19.8. The summed E-state index contributed by atoms with van der Waals surface area (Å²) in [4.78, 5) is 7.27. The van der Waals surface area contributed by atoms with Crippen LogP contribution >= 0.6 is 24.0 Å². The van der Waals surface area contributed by atoms with Crippen LogP contribution in [0.3, 0.4) is 0 Å². The van der Waals surface area contributed by atoms with Crippen LogP contribution < -0.4 is 15.4 Å². The summed E-state index contributed by atoms with van der Waals surface area (Å²) in [6.07, 6.45) is 6.39. The Morgan fingerprint density at radius 2 is 1.93 bits per heavy atom. The molecule has 8 heteroatoms. The molecule has 2 aromatic rings. The van der Waals surface area contributed by atoms with Gasteiger partial charge in [-0.2, -0.15) is 5.10 Å². The van der Waals surface area contributed by atoms with Crippen LogP contribution in [0.15, 0.2) is 41.7 Å². The highest BCUT2D eigenvalue weighted by molar-refractivity contribution is 14.0. The van der Waals surface area contributed by atoms with Gasteiger partial charge in [0.1, 0.15) is 5.75 Å². The molecule has 0 saturated carbocycles. The smallest absolute Gasteiger partial charge is 0.191 e. The number of aromatic nitrogens is 2. The van der Waals surface area contributed by atoms with Crippen molar-refractivity contribution in [2.75, 3.05) is 33.3 Å². The molecule has 1 aliphatic rings. The first-order chi connectivity index (χ1) is 13.7. The molecule has 0 radical (unpaired) electrons. The highest BCUT2D eigenvalue weighted by Gasteiger charge is 2.23. The van der Waals surface area contributed by atoms with Crippen molar-refractivity contribution in [3.8, 4) is 5.75 Å². The zero-order valence-electron chi connectivity index (χ0n) is 17.6. The molecule has 160 valence electrons. The van der Waals surface area contributed by atoms with Crippen molar-refractivity contribution in [3.63, 3.8) is 0 Å². The highest BCUT2D eigenvalue weighted by atomic mass is 127. The van der Waals surface area contributed by atoms with Crippen molar-refractivity contribution < 1.29 is 4.74 Å². The summed E-state index contributed by atoms with van der Waals surface area (Å²) in [7, 11) is 3.63. The summed E-state index contributed by atoms with van der Waals surface area (Å²) in [6.45, 7) is 6.62. The van der Waals surface area contributed by atoms with Crippen LogP contribution in [-0.4, -0.2) is 53.9 Å². The second-order valence-corrected chi connectivity index (χ2v) is 7.13. The van der Waals surface area contributed by atoms with Gasteiger partial charge >= 0.3 is 0 Å². The van der Waals surface area contributed by atoms with E-state index in [1.807, 2.05) is 31.6 Å². The fourth-order valence-electron chi connectivity index (χ4n) is 3.60. The summed E-state index contributed by atoms with van der Waals surface area (Å²) < 4.78 is 7.12. The van der Waals surface area contributed by atoms with Crippen molar-refractivity contribution in [2.45, 2.75) is 32.4 Å².